The Morgan fingerprint density at radius 1 is 1.42 bits per heavy atom. The molecular formula is C21H27N3O2. The summed E-state index contributed by atoms with van der Waals surface area (Å²) in [7, 11) is 1.76. The van der Waals surface area contributed by atoms with E-state index in [4.69, 9.17) is 9.72 Å². The highest BCUT2D eigenvalue weighted by atomic mass is 16.5. The van der Waals surface area contributed by atoms with Crippen molar-refractivity contribution in [3.8, 4) is 5.75 Å². The minimum Gasteiger partial charge on any atom is -0.487 e. The minimum absolute atomic E-state index is 0.0472. The molecule has 0 saturated carbocycles. The smallest absolute Gasteiger partial charge is 0.261 e. The van der Waals surface area contributed by atoms with Crippen LogP contribution in [0.1, 0.15) is 39.4 Å². The normalized spacial score (nSPS) is 16.8. The second-order valence-corrected chi connectivity index (χ2v) is 7.58. The molecule has 0 aliphatic carbocycles. The predicted octanol–water partition coefficient (Wildman–Crippen LogP) is 3.78. The molecule has 1 aliphatic heterocycles. The number of nitrogens with zero attached hydrogens (tertiary/aromatic N) is 3. The van der Waals surface area contributed by atoms with Gasteiger partial charge in [0.15, 0.2) is 0 Å². The van der Waals surface area contributed by atoms with Crippen molar-refractivity contribution in [1.82, 2.24) is 9.55 Å². The van der Waals surface area contributed by atoms with Gasteiger partial charge in [0.2, 0.25) is 0 Å². The highest BCUT2D eigenvalue weighted by Gasteiger charge is 2.27. The Morgan fingerprint density at radius 3 is 2.96 bits per heavy atom. The Morgan fingerprint density at radius 2 is 2.23 bits per heavy atom. The zero-order valence-corrected chi connectivity index (χ0v) is 16.1. The second kappa shape index (κ2) is 7.44. The Hall–Kier alpha value is -2.43. The summed E-state index contributed by atoms with van der Waals surface area (Å²) < 4.78 is 7.69. The Bertz CT molecular complexity index is 923. The zero-order valence-electron chi connectivity index (χ0n) is 16.1. The molecule has 0 N–H and O–H groups in total. The van der Waals surface area contributed by atoms with Crippen LogP contribution >= 0.6 is 0 Å². The SMILES string of the molecule is CC/C=C\C(COc1ccc2c(=O)n3c(nc2c1)CCC(C)(C)C3)=NC. The molecule has 0 spiro atoms. The molecular weight excluding hydrogens is 326 g/mol. The molecule has 2 heterocycles. The van der Waals surface area contributed by atoms with E-state index in [1.165, 1.54) is 0 Å². The fraction of sp³-hybridized carbons (Fsp3) is 0.476. The molecule has 5 heteroatoms. The topological polar surface area (TPSA) is 56.5 Å². The van der Waals surface area contributed by atoms with Crippen LogP contribution in [0.4, 0.5) is 0 Å². The standard InChI is InChI=1S/C21H27N3O2/c1-5-6-7-15(22-4)13-26-16-8-9-17-18(12-16)23-19-10-11-21(2,3)14-24(19)20(17)25/h6-9,12H,5,10-11,13-14H2,1-4H3/b7-6-,22-15?. The van der Waals surface area contributed by atoms with Gasteiger partial charge in [0, 0.05) is 26.1 Å². The highest BCUT2D eigenvalue weighted by Crippen LogP contribution is 2.29. The summed E-state index contributed by atoms with van der Waals surface area (Å²) in [5.74, 6) is 1.58. The lowest BCUT2D eigenvalue weighted by atomic mass is 9.85. The lowest BCUT2D eigenvalue weighted by molar-refractivity contribution is 0.240. The molecule has 0 unspecified atom stereocenters. The van der Waals surface area contributed by atoms with Gasteiger partial charge in [0.1, 0.15) is 18.2 Å². The number of aryl methyl sites for hydroxylation is 1. The van der Waals surface area contributed by atoms with E-state index in [0.717, 1.165) is 37.3 Å². The van der Waals surface area contributed by atoms with E-state index in [1.807, 2.05) is 28.8 Å². The van der Waals surface area contributed by atoms with Gasteiger partial charge in [-0.3, -0.25) is 14.4 Å². The van der Waals surface area contributed by atoms with Crippen molar-refractivity contribution in [2.45, 2.75) is 46.6 Å². The number of benzene rings is 1. The predicted molar refractivity (Wildman–Crippen MR) is 106 cm³/mol. The largest absolute Gasteiger partial charge is 0.487 e. The molecule has 1 aromatic heterocycles. The van der Waals surface area contributed by atoms with Crippen LogP contribution in [0.3, 0.4) is 0 Å². The van der Waals surface area contributed by atoms with Crippen molar-refractivity contribution in [2.24, 2.45) is 10.4 Å². The van der Waals surface area contributed by atoms with Gasteiger partial charge in [0.05, 0.1) is 16.6 Å². The van der Waals surface area contributed by atoms with Gasteiger partial charge < -0.3 is 4.74 Å². The van der Waals surface area contributed by atoms with Crippen molar-refractivity contribution in [2.75, 3.05) is 13.7 Å². The van der Waals surface area contributed by atoms with Gasteiger partial charge in [-0.15, -0.1) is 0 Å². The van der Waals surface area contributed by atoms with Crippen molar-refractivity contribution in [1.29, 1.82) is 0 Å². The molecule has 1 aromatic carbocycles. The fourth-order valence-electron chi connectivity index (χ4n) is 3.25. The summed E-state index contributed by atoms with van der Waals surface area (Å²) in [5.41, 5.74) is 1.77. The van der Waals surface area contributed by atoms with Crippen LogP contribution in [0, 0.1) is 5.41 Å². The first-order valence-corrected chi connectivity index (χ1v) is 9.22. The van der Waals surface area contributed by atoms with E-state index < -0.39 is 0 Å². The van der Waals surface area contributed by atoms with Crippen molar-refractivity contribution in [3.05, 3.63) is 46.5 Å². The molecule has 26 heavy (non-hydrogen) atoms. The molecule has 2 aromatic rings. The van der Waals surface area contributed by atoms with E-state index in [-0.39, 0.29) is 11.0 Å². The van der Waals surface area contributed by atoms with Crippen molar-refractivity contribution < 1.29 is 4.74 Å². The summed E-state index contributed by atoms with van der Waals surface area (Å²) in [4.78, 5) is 21.8. The van der Waals surface area contributed by atoms with Crippen LogP contribution in [-0.2, 0) is 13.0 Å². The summed E-state index contributed by atoms with van der Waals surface area (Å²) in [6, 6.07) is 5.51. The average Bonchev–Trinajstić information content (AvgIpc) is 2.62. The van der Waals surface area contributed by atoms with E-state index in [9.17, 15) is 4.79 Å². The molecule has 138 valence electrons. The Balaban J connectivity index is 1.88. The highest BCUT2D eigenvalue weighted by molar-refractivity contribution is 5.96. The van der Waals surface area contributed by atoms with Crippen LogP contribution in [0.2, 0.25) is 0 Å². The Labute approximate surface area is 154 Å². The van der Waals surface area contributed by atoms with Gasteiger partial charge in [-0.25, -0.2) is 4.98 Å². The third kappa shape index (κ3) is 3.87. The van der Waals surface area contributed by atoms with Gasteiger partial charge in [0.25, 0.3) is 5.56 Å². The van der Waals surface area contributed by atoms with E-state index in [2.05, 4.69) is 31.8 Å². The number of hydrogen-bond acceptors (Lipinski definition) is 4. The first kappa shape index (κ1) is 18.4. The summed E-state index contributed by atoms with van der Waals surface area (Å²) in [6.45, 7) is 7.60. The van der Waals surface area contributed by atoms with E-state index in [0.29, 0.717) is 23.3 Å². The molecule has 3 rings (SSSR count). The van der Waals surface area contributed by atoms with Crippen molar-refractivity contribution in [3.63, 3.8) is 0 Å². The fourth-order valence-corrected chi connectivity index (χ4v) is 3.25. The quantitative estimate of drug-likeness (QED) is 0.769. The molecule has 5 nitrogen and oxygen atoms in total. The van der Waals surface area contributed by atoms with Crippen LogP contribution in [-0.4, -0.2) is 28.9 Å². The zero-order chi connectivity index (χ0) is 18.7. The van der Waals surface area contributed by atoms with Crippen molar-refractivity contribution >= 4 is 16.6 Å². The molecule has 0 atom stereocenters. The second-order valence-electron chi connectivity index (χ2n) is 7.58. The third-order valence-corrected chi connectivity index (χ3v) is 4.84. The molecule has 0 saturated heterocycles. The van der Waals surface area contributed by atoms with Gasteiger partial charge in [-0.05, 0) is 36.5 Å². The van der Waals surface area contributed by atoms with Gasteiger partial charge in [-0.1, -0.05) is 26.8 Å². The Kier molecular flexibility index (Phi) is 5.25. The lowest BCUT2D eigenvalue weighted by Crippen LogP contribution is -2.36. The van der Waals surface area contributed by atoms with Gasteiger partial charge in [-0.2, -0.15) is 0 Å². The maximum Gasteiger partial charge on any atom is 0.261 e. The number of ether oxygens (including phenoxy) is 1. The summed E-state index contributed by atoms with van der Waals surface area (Å²) >= 11 is 0. The average molecular weight is 353 g/mol. The monoisotopic (exact) mass is 353 g/mol. The van der Waals surface area contributed by atoms with Crippen LogP contribution in [0.5, 0.6) is 5.75 Å². The maximum atomic E-state index is 12.9. The lowest BCUT2D eigenvalue weighted by Gasteiger charge is -2.31. The number of fused-ring (bicyclic) bond motifs is 2. The van der Waals surface area contributed by atoms with Crippen LogP contribution < -0.4 is 10.3 Å². The number of hydrogen-bond donors (Lipinski definition) is 0. The molecule has 0 bridgehead atoms. The van der Waals surface area contributed by atoms with Crippen LogP contribution in [0.15, 0.2) is 40.1 Å². The third-order valence-electron chi connectivity index (χ3n) is 4.84. The number of rotatable bonds is 5. The first-order chi connectivity index (χ1) is 12.4. The van der Waals surface area contributed by atoms with Gasteiger partial charge >= 0.3 is 0 Å². The number of aliphatic imine (C=N–C) groups is 1. The number of aromatic nitrogens is 2. The van der Waals surface area contributed by atoms with E-state index >= 15 is 0 Å². The summed E-state index contributed by atoms with van der Waals surface area (Å²) in [5, 5.41) is 0.647. The van der Waals surface area contributed by atoms with E-state index in [1.54, 1.807) is 7.05 Å². The summed E-state index contributed by atoms with van der Waals surface area (Å²) in [6.07, 6.45) is 6.87. The number of allylic oxidation sites excluding steroid dienone is 1. The maximum absolute atomic E-state index is 12.9. The molecule has 0 radical (unpaired) electrons. The first-order valence-electron chi connectivity index (χ1n) is 9.22. The molecule has 0 fully saturated rings. The molecule has 0 amide bonds. The molecule has 1 aliphatic rings. The van der Waals surface area contributed by atoms with Crippen LogP contribution in [0.25, 0.3) is 10.9 Å². The minimum atomic E-state index is 0.0472.